The number of nitrogens with one attached hydrogen (secondary N) is 1. The van der Waals surface area contributed by atoms with Crippen molar-refractivity contribution in [3.63, 3.8) is 0 Å². The molecule has 0 unspecified atom stereocenters. The molecule has 0 saturated carbocycles. The molecule has 19 heavy (non-hydrogen) atoms. The molecular weight excluding hydrogens is 243 g/mol. The second-order valence-electron chi connectivity index (χ2n) is 4.54. The molecule has 2 rings (SSSR count). The average Bonchev–Trinajstić information content (AvgIpc) is 2.87. The van der Waals surface area contributed by atoms with Gasteiger partial charge in [-0.3, -0.25) is 4.68 Å². The molecular formula is C14H15FN4. The van der Waals surface area contributed by atoms with Gasteiger partial charge in [0.25, 0.3) is 0 Å². The van der Waals surface area contributed by atoms with Crippen LogP contribution in [-0.2, 0) is 6.54 Å². The molecule has 1 N–H and O–H groups in total. The van der Waals surface area contributed by atoms with Gasteiger partial charge in [0.2, 0.25) is 0 Å². The molecule has 0 aliphatic heterocycles. The van der Waals surface area contributed by atoms with Gasteiger partial charge in [-0.05, 0) is 38.1 Å². The maximum absolute atomic E-state index is 13.2. The van der Waals surface area contributed by atoms with E-state index in [4.69, 9.17) is 5.26 Å². The highest BCUT2D eigenvalue weighted by atomic mass is 19.1. The summed E-state index contributed by atoms with van der Waals surface area (Å²) in [6.07, 6.45) is 1.92. The minimum Gasteiger partial charge on any atom is -0.379 e. The van der Waals surface area contributed by atoms with E-state index in [1.54, 1.807) is 6.07 Å². The minimum atomic E-state index is -0.503. The van der Waals surface area contributed by atoms with Crippen LogP contribution < -0.4 is 5.32 Å². The van der Waals surface area contributed by atoms with Crippen LogP contribution in [0.25, 0.3) is 0 Å². The maximum atomic E-state index is 13.2. The Kier molecular flexibility index (Phi) is 3.81. The van der Waals surface area contributed by atoms with Gasteiger partial charge in [-0.25, -0.2) is 4.39 Å². The molecule has 0 aliphatic rings. The largest absolute Gasteiger partial charge is 0.379 e. The lowest BCUT2D eigenvalue weighted by molar-refractivity contribution is 0.527. The molecule has 0 saturated heterocycles. The summed E-state index contributed by atoms with van der Waals surface area (Å²) in [5.41, 5.74) is 1.64. The van der Waals surface area contributed by atoms with Crippen molar-refractivity contribution >= 4 is 5.69 Å². The van der Waals surface area contributed by atoms with E-state index in [0.29, 0.717) is 18.3 Å². The highest BCUT2D eigenvalue weighted by Crippen LogP contribution is 2.15. The number of rotatable bonds is 4. The van der Waals surface area contributed by atoms with E-state index >= 15 is 0 Å². The predicted molar refractivity (Wildman–Crippen MR) is 71.1 cm³/mol. The van der Waals surface area contributed by atoms with Crippen molar-refractivity contribution in [2.75, 3.05) is 5.32 Å². The number of halogens is 1. The summed E-state index contributed by atoms with van der Waals surface area (Å²) in [6.45, 7) is 4.66. The molecule has 5 heteroatoms. The molecule has 0 fully saturated rings. The zero-order chi connectivity index (χ0) is 13.8. The van der Waals surface area contributed by atoms with Crippen molar-refractivity contribution in [1.29, 1.82) is 5.26 Å². The van der Waals surface area contributed by atoms with Crippen LogP contribution in [-0.4, -0.2) is 9.78 Å². The molecule has 0 radical (unpaired) electrons. The fourth-order valence-corrected chi connectivity index (χ4v) is 1.67. The van der Waals surface area contributed by atoms with Crippen molar-refractivity contribution < 1.29 is 4.39 Å². The van der Waals surface area contributed by atoms with Crippen LogP contribution in [0.5, 0.6) is 0 Å². The van der Waals surface area contributed by atoms with E-state index in [-0.39, 0.29) is 5.56 Å². The van der Waals surface area contributed by atoms with E-state index < -0.39 is 5.82 Å². The third kappa shape index (κ3) is 3.10. The number of hydrogen-bond acceptors (Lipinski definition) is 3. The second-order valence-corrected chi connectivity index (χ2v) is 4.54. The summed E-state index contributed by atoms with van der Waals surface area (Å²) in [6, 6.07) is 8.46. The summed E-state index contributed by atoms with van der Waals surface area (Å²) >= 11 is 0. The van der Waals surface area contributed by atoms with E-state index in [1.807, 2.05) is 23.0 Å². The number of benzene rings is 1. The first kappa shape index (κ1) is 13.1. The Morgan fingerprint density at radius 1 is 1.42 bits per heavy atom. The smallest absolute Gasteiger partial charge is 0.141 e. The Hall–Kier alpha value is -2.35. The number of nitrogens with zero attached hydrogens (tertiary/aromatic N) is 3. The third-order valence-corrected chi connectivity index (χ3v) is 2.75. The quantitative estimate of drug-likeness (QED) is 0.916. The van der Waals surface area contributed by atoms with Gasteiger partial charge < -0.3 is 5.32 Å². The van der Waals surface area contributed by atoms with Crippen molar-refractivity contribution in [3.05, 3.63) is 47.5 Å². The lowest BCUT2D eigenvalue weighted by atomic mass is 10.2. The molecule has 4 nitrogen and oxygen atoms in total. The molecule has 1 aromatic heterocycles. The van der Waals surface area contributed by atoms with Crippen molar-refractivity contribution in [2.24, 2.45) is 0 Å². The van der Waals surface area contributed by atoms with E-state index in [2.05, 4.69) is 24.3 Å². The van der Waals surface area contributed by atoms with Crippen LogP contribution in [0.1, 0.15) is 31.1 Å². The first-order valence-corrected chi connectivity index (χ1v) is 6.07. The van der Waals surface area contributed by atoms with Gasteiger partial charge in [0.05, 0.1) is 17.8 Å². The van der Waals surface area contributed by atoms with Crippen molar-refractivity contribution in [2.45, 2.75) is 26.4 Å². The highest BCUT2D eigenvalue weighted by Gasteiger charge is 2.04. The SMILES string of the molecule is CC(C)n1ccc(CNc2ccc(F)c(C#N)c2)n1. The van der Waals surface area contributed by atoms with E-state index in [9.17, 15) is 4.39 Å². The average molecular weight is 258 g/mol. The van der Waals surface area contributed by atoms with Crippen LogP contribution in [0.15, 0.2) is 30.5 Å². The third-order valence-electron chi connectivity index (χ3n) is 2.75. The Bertz CT molecular complexity index is 610. The summed E-state index contributed by atoms with van der Waals surface area (Å²) < 4.78 is 15.0. The molecule has 0 aliphatic carbocycles. The Labute approximate surface area is 111 Å². The van der Waals surface area contributed by atoms with Gasteiger partial charge in [-0.1, -0.05) is 0 Å². The van der Waals surface area contributed by atoms with Gasteiger partial charge in [-0.2, -0.15) is 10.4 Å². The number of anilines is 1. The topological polar surface area (TPSA) is 53.6 Å². The Morgan fingerprint density at radius 2 is 2.21 bits per heavy atom. The summed E-state index contributed by atoms with van der Waals surface area (Å²) in [7, 11) is 0. The lowest BCUT2D eigenvalue weighted by Crippen LogP contribution is -2.05. The molecule has 0 atom stereocenters. The normalized spacial score (nSPS) is 10.5. The Balaban J connectivity index is 2.04. The first-order chi connectivity index (χ1) is 9.10. The first-order valence-electron chi connectivity index (χ1n) is 6.07. The zero-order valence-corrected chi connectivity index (χ0v) is 10.9. The van der Waals surface area contributed by atoms with Gasteiger partial charge in [0.1, 0.15) is 11.9 Å². The molecule has 1 heterocycles. The summed E-state index contributed by atoms with van der Waals surface area (Å²) in [5.74, 6) is -0.503. The number of hydrogen-bond donors (Lipinski definition) is 1. The van der Waals surface area contributed by atoms with Crippen LogP contribution in [0, 0.1) is 17.1 Å². The molecule has 0 bridgehead atoms. The predicted octanol–water partition coefficient (Wildman–Crippen LogP) is 3.09. The number of aromatic nitrogens is 2. The maximum Gasteiger partial charge on any atom is 0.141 e. The van der Waals surface area contributed by atoms with Gasteiger partial charge in [0, 0.05) is 17.9 Å². The standard InChI is InChI=1S/C14H15FN4/c1-10(2)19-6-5-13(18-19)9-17-12-3-4-14(15)11(7-12)8-16/h3-7,10,17H,9H2,1-2H3. The van der Waals surface area contributed by atoms with Crippen molar-refractivity contribution in [3.8, 4) is 6.07 Å². The van der Waals surface area contributed by atoms with Crippen LogP contribution in [0.2, 0.25) is 0 Å². The van der Waals surface area contributed by atoms with Gasteiger partial charge in [-0.15, -0.1) is 0 Å². The van der Waals surface area contributed by atoms with Crippen LogP contribution in [0.3, 0.4) is 0 Å². The van der Waals surface area contributed by atoms with Crippen LogP contribution >= 0.6 is 0 Å². The van der Waals surface area contributed by atoms with E-state index in [0.717, 1.165) is 5.69 Å². The van der Waals surface area contributed by atoms with Gasteiger partial charge in [0.15, 0.2) is 0 Å². The molecule has 1 aromatic carbocycles. The molecule has 0 spiro atoms. The summed E-state index contributed by atoms with van der Waals surface area (Å²) in [4.78, 5) is 0. The summed E-state index contributed by atoms with van der Waals surface area (Å²) in [5, 5.41) is 16.3. The zero-order valence-electron chi connectivity index (χ0n) is 10.9. The molecule has 2 aromatic rings. The molecule has 0 amide bonds. The van der Waals surface area contributed by atoms with E-state index in [1.165, 1.54) is 12.1 Å². The highest BCUT2D eigenvalue weighted by molar-refractivity contribution is 5.49. The lowest BCUT2D eigenvalue weighted by Gasteiger charge is -2.06. The molecule has 98 valence electrons. The second kappa shape index (κ2) is 5.53. The Morgan fingerprint density at radius 3 is 2.84 bits per heavy atom. The van der Waals surface area contributed by atoms with Crippen LogP contribution in [0.4, 0.5) is 10.1 Å². The number of nitriles is 1. The fraction of sp³-hybridized carbons (Fsp3) is 0.286. The van der Waals surface area contributed by atoms with Crippen molar-refractivity contribution in [1.82, 2.24) is 9.78 Å². The monoisotopic (exact) mass is 258 g/mol. The minimum absolute atomic E-state index is 0.0395. The van der Waals surface area contributed by atoms with Gasteiger partial charge >= 0.3 is 0 Å². The fourth-order valence-electron chi connectivity index (χ4n) is 1.67.